The number of halogens is 7. The third-order valence-corrected chi connectivity index (χ3v) is 11.0. The fourth-order valence-corrected chi connectivity index (χ4v) is 7.56. The molecule has 0 bridgehead atoms. The minimum atomic E-state index is -4.58. The molecular formula is C49H49BrCs2F6N4O11. The Morgan fingerprint density at radius 3 is 1.70 bits per heavy atom. The van der Waals surface area contributed by atoms with Crippen LogP contribution in [0.1, 0.15) is 84.2 Å². The third-order valence-electron chi connectivity index (χ3n) is 10.5. The molecule has 4 aromatic heterocycles. The monoisotopic (exact) mass is 1330 g/mol. The minimum Gasteiger partial charge on any atom is -1.00 e. The van der Waals surface area contributed by atoms with E-state index in [1.807, 2.05) is 50.5 Å². The van der Waals surface area contributed by atoms with Gasteiger partial charge in [0.05, 0.1) is 49.3 Å². The summed E-state index contributed by atoms with van der Waals surface area (Å²) in [5, 5.41) is 17.5. The Morgan fingerprint density at radius 2 is 1.23 bits per heavy atom. The average Bonchev–Trinajstić information content (AvgIpc) is 4.19. The predicted molar refractivity (Wildman–Crippen MR) is 251 cm³/mol. The van der Waals surface area contributed by atoms with Crippen LogP contribution >= 0.6 is 15.9 Å². The first-order valence-corrected chi connectivity index (χ1v) is 23.0. The van der Waals surface area contributed by atoms with Gasteiger partial charge >= 0.3 is 162 Å². The van der Waals surface area contributed by atoms with Crippen LogP contribution in [-0.2, 0) is 50.9 Å². The van der Waals surface area contributed by atoms with Crippen LogP contribution in [0.3, 0.4) is 0 Å². The van der Waals surface area contributed by atoms with Gasteiger partial charge in [-0.1, -0.05) is 52.9 Å². The third kappa shape index (κ3) is 17.5. The fourth-order valence-electron chi connectivity index (χ4n) is 7.33. The summed E-state index contributed by atoms with van der Waals surface area (Å²) >= 11 is 3.30. The molecule has 0 atom stereocenters. The maximum Gasteiger partial charge on any atom is 1.00 e. The summed E-state index contributed by atoms with van der Waals surface area (Å²) in [5.74, 6) is 0.389. The number of alkyl halides is 7. The standard InChI is InChI=1S/C24H23F3N2O4.C14H15BrF3NO2.C10H9NO2.CH2O3.2Cs.H/c1-3-5-17-20(9-7-18-21(17)33-28-22(18)24(25,26)27)32-13-4-11-29-12-10-15-14-16(23(30)31-2)6-8-19(15)29;1-2-4-9-11(20-8-3-7-15)6-5-10-12(9)21-19-13(10)14(16,17)18;1-13-10(12)8-2-3-9-7(6-8)4-5-11-9;2-1-4-3;;;/h6-10,12,14H,3-5,11,13H2,1-2H3;5-6H,2-4,7-8H2,1H3;2-6,11H,1H3;1,3H;;;/q;;;;2*+1;-1/p-1. The van der Waals surface area contributed by atoms with E-state index in [9.17, 15) is 35.9 Å². The molecule has 0 unspecified atom stereocenters. The predicted octanol–water partition coefficient (Wildman–Crippen LogP) is 5.48. The van der Waals surface area contributed by atoms with E-state index in [2.05, 4.69) is 45.4 Å². The Morgan fingerprint density at radius 1 is 0.740 bits per heavy atom. The summed E-state index contributed by atoms with van der Waals surface area (Å²) < 4.78 is 111. The summed E-state index contributed by atoms with van der Waals surface area (Å²) in [6.07, 6.45) is -1.24. The molecule has 0 aliphatic heterocycles. The maximum atomic E-state index is 13.2. The van der Waals surface area contributed by atoms with Crippen LogP contribution in [-0.4, -0.2) is 71.0 Å². The number of aromatic nitrogens is 4. The smallest absolute Gasteiger partial charge is 1.00 e. The number of hydrogen-bond acceptors (Lipinski definition) is 13. The van der Waals surface area contributed by atoms with Crippen molar-refractivity contribution in [1.29, 1.82) is 0 Å². The number of aryl methyl sites for hydroxylation is 3. The SMILES string of the molecule is CCCc1c(OCCCBr)ccc2c(C(F)(F)F)noc12.CCCc1c(OCCCn2ccc3cc(C(=O)OC)ccc32)ccc2c(C(F)(F)F)noc12.COC(=O)c1ccc2[nH]ccc2c1.O=CO[O-].[Cs+].[Cs+].[H-]. The molecule has 8 rings (SSSR count). The van der Waals surface area contributed by atoms with E-state index in [-0.39, 0.29) is 180 Å². The largest absolute Gasteiger partial charge is 1.00 e. The quantitative estimate of drug-likeness (QED) is 0.0244. The molecule has 0 aliphatic rings. The first-order valence-electron chi connectivity index (χ1n) is 21.9. The number of fused-ring (bicyclic) bond motifs is 4. The van der Waals surface area contributed by atoms with E-state index in [1.165, 1.54) is 26.4 Å². The van der Waals surface area contributed by atoms with E-state index in [0.717, 1.165) is 46.4 Å². The van der Waals surface area contributed by atoms with Crippen LogP contribution in [0.4, 0.5) is 26.3 Å². The van der Waals surface area contributed by atoms with Crippen molar-refractivity contribution >= 4 is 78.1 Å². The number of carbonyl (C=O) groups excluding carboxylic acids is 3. The Labute approximate surface area is 542 Å². The van der Waals surface area contributed by atoms with Crippen LogP contribution in [0.25, 0.3) is 43.7 Å². The number of carbonyl (C=O) groups is 3. The van der Waals surface area contributed by atoms with Gasteiger partial charge in [0, 0.05) is 57.2 Å². The van der Waals surface area contributed by atoms with Crippen molar-refractivity contribution in [2.24, 2.45) is 0 Å². The number of nitrogens with zero attached hydrogens (tertiary/aromatic N) is 3. The van der Waals surface area contributed by atoms with Gasteiger partial charge in [0.25, 0.3) is 6.47 Å². The first-order chi connectivity index (χ1) is 34.0. The molecule has 8 aromatic rings. The number of aromatic amines is 1. The second kappa shape index (κ2) is 31.3. The van der Waals surface area contributed by atoms with Gasteiger partial charge in [0.15, 0.2) is 22.6 Å². The van der Waals surface area contributed by atoms with Gasteiger partial charge in [-0.2, -0.15) is 26.3 Å². The second-order valence-electron chi connectivity index (χ2n) is 15.2. The molecule has 0 fully saturated rings. The molecule has 24 heteroatoms. The van der Waals surface area contributed by atoms with Crippen LogP contribution in [0.5, 0.6) is 11.5 Å². The number of benzene rings is 4. The molecule has 0 saturated carbocycles. The first kappa shape index (κ1) is 64.3. The van der Waals surface area contributed by atoms with E-state index < -0.39 is 23.7 Å². The van der Waals surface area contributed by atoms with Crippen molar-refractivity contribution in [3.63, 3.8) is 0 Å². The summed E-state index contributed by atoms with van der Waals surface area (Å²) in [7, 11) is 2.72. The number of ether oxygens (including phenoxy) is 4. The average molecular weight is 1330 g/mol. The Bertz CT molecular complexity index is 3040. The Kier molecular flexibility index (Phi) is 27.6. The van der Waals surface area contributed by atoms with E-state index in [0.29, 0.717) is 72.8 Å². The summed E-state index contributed by atoms with van der Waals surface area (Å²) in [6.45, 7) is 5.25. The van der Waals surface area contributed by atoms with E-state index in [4.69, 9.17) is 33.3 Å². The van der Waals surface area contributed by atoms with Gasteiger partial charge in [-0.25, -0.2) is 9.59 Å². The molecule has 0 radical (unpaired) electrons. The van der Waals surface area contributed by atoms with Crippen molar-refractivity contribution in [3.05, 3.63) is 119 Å². The van der Waals surface area contributed by atoms with Crippen LogP contribution in [0, 0.1) is 0 Å². The molecule has 4 aromatic carbocycles. The zero-order valence-electron chi connectivity index (χ0n) is 41.7. The van der Waals surface area contributed by atoms with Crippen molar-refractivity contribution in [2.75, 3.05) is 32.8 Å². The maximum absolute atomic E-state index is 13.2. The Balaban J connectivity index is 0.000000391. The van der Waals surface area contributed by atoms with Gasteiger partial charge in [0.1, 0.15) is 11.5 Å². The summed E-state index contributed by atoms with van der Waals surface area (Å²) in [4.78, 5) is 37.2. The summed E-state index contributed by atoms with van der Waals surface area (Å²) in [6, 6.07) is 20.5. The van der Waals surface area contributed by atoms with E-state index in [1.54, 1.807) is 36.4 Å². The van der Waals surface area contributed by atoms with Crippen molar-refractivity contribution in [1.82, 2.24) is 19.9 Å². The number of hydrogen-bond donors (Lipinski definition) is 1. The molecule has 0 amide bonds. The second-order valence-corrected chi connectivity index (χ2v) is 16.0. The molecular weight excluding hydrogens is 1280 g/mol. The topological polar surface area (TPSA) is 193 Å². The molecule has 4 heterocycles. The number of methoxy groups -OCH3 is 2. The molecule has 1 N–H and O–H groups in total. The molecule has 73 heavy (non-hydrogen) atoms. The normalized spacial score (nSPS) is 11.0. The molecule has 382 valence electrons. The summed E-state index contributed by atoms with van der Waals surface area (Å²) in [5.41, 5.74) is 2.61. The number of H-pyrrole nitrogens is 1. The van der Waals surface area contributed by atoms with Gasteiger partial charge in [-0.3, -0.25) is 4.79 Å². The van der Waals surface area contributed by atoms with Gasteiger partial charge in [-0.15, -0.1) is 0 Å². The number of nitrogens with one attached hydrogen (secondary N) is 1. The fraction of sp³-hybridized carbons (Fsp3) is 0.327. The number of rotatable bonds is 16. The van der Waals surface area contributed by atoms with Gasteiger partial charge in [0.2, 0.25) is 0 Å². The van der Waals surface area contributed by atoms with Gasteiger partial charge < -0.3 is 49.1 Å². The van der Waals surface area contributed by atoms with Crippen LogP contribution in [0.2, 0.25) is 0 Å². The molecule has 0 aliphatic carbocycles. The van der Waals surface area contributed by atoms with Crippen LogP contribution < -0.4 is 153 Å². The van der Waals surface area contributed by atoms with Gasteiger partial charge in [-0.05, 0) is 98.5 Å². The Hall–Kier alpha value is -2.97. The van der Waals surface area contributed by atoms with Crippen molar-refractivity contribution in [3.8, 4) is 11.5 Å². The van der Waals surface area contributed by atoms with Crippen molar-refractivity contribution in [2.45, 2.75) is 71.3 Å². The van der Waals surface area contributed by atoms with Crippen molar-refractivity contribution < 1.29 is 218 Å². The van der Waals surface area contributed by atoms with Crippen LogP contribution in [0.15, 0.2) is 94.2 Å². The molecule has 0 saturated heterocycles. The molecule has 0 spiro atoms. The zero-order chi connectivity index (χ0) is 51.7. The zero-order valence-corrected chi connectivity index (χ0v) is 54.9. The minimum absolute atomic E-state index is 0. The number of esters is 2. The molecule has 15 nitrogen and oxygen atoms in total. The van der Waals surface area contributed by atoms with E-state index >= 15 is 0 Å².